The molecule has 2 N–H and O–H groups in total. The normalized spacial score (nSPS) is 33.6. The van der Waals surface area contributed by atoms with Crippen LogP contribution in [0.4, 0.5) is 0 Å². The Morgan fingerprint density at radius 1 is 1.21 bits per heavy atom. The Bertz CT molecular complexity index is 686. The highest BCUT2D eigenvalue weighted by molar-refractivity contribution is 7.90. The number of aliphatic hydroxyl groups excluding tert-OH is 1. The third-order valence-electron chi connectivity index (χ3n) is 6.00. The molecule has 134 valence electrons. The van der Waals surface area contributed by atoms with Crippen molar-refractivity contribution in [1.29, 1.82) is 0 Å². The summed E-state index contributed by atoms with van der Waals surface area (Å²) in [6.07, 6.45) is 2.62. The van der Waals surface area contributed by atoms with Crippen LogP contribution in [0.2, 0.25) is 0 Å². The monoisotopic (exact) mass is 351 g/mol. The molecule has 4 nitrogen and oxygen atoms in total. The molecule has 3 rings (SSSR count). The predicted octanol–water partition coefficient (Wildman–Crippen LogP) is 3.02. The Labute approximate surface area is 145 Å². The van der Waals surface area contributed by atoms with Crippen LogP contribution in [0, 0.1) is 17.8 Å². The standard InChI is InChI=1S/C19H29NO3S/c1-12(2)14-9-8-13(3)18(11-14)24(22,23)20-19-16-7-5-4-6-15(16)10-17(19)21/h4-7,12-14,17-21H,8-11H2,1-3H3. The molecule has 1 fully saturated rings. The molecular formula is C19H29NO3S. The largest absolute Gasteiger partial charge is 0.391 e. The van der Waals surface area contributed by atoms with Gasteiger partial charge in [0.25, 0.3) is 0 Å². The van der Waals surface area contributed by atoms with Gasteiger partial charge in [0, 0.05) is 6.42 Å². The fourth-order valence-corrected chi connectivity index (χ4v) is 6.39. The van der Waals surface area contributed by atoms with Crippen LogP contribution >= 0.6 is 0 Å². The third kappa shape index (κ3) is 3.39. The fourth-order valence-electron chi connectivity index (χ4n) is 4.33. The Balaban J connectivity index is 1.81. The maximum absolute atomic E-state index is 13.1. The van der Waals surface area contributed by atoms with Crippen LogP contribution in [0.3, 0.4) is 0 Å². The van der Waals surface area contributed by atoms with Gasteiger partial charge >= 0.3 is 0 Å². The van der Waals surface area contributed by atoms with Crippen LogP contribution in [-0.4, -0.2) is 24.9 Å². The van der Waals surface area contributed by atoms with Crippen molar-refractivity contribution < 1.29 is 13.5 Å². The van der Waals surface area contributed by atoms with E-state index in [1.165, 1.54) is 0 Å². The van der Waals surface area contributed by atoms with E-state index in [9.17, 15) is 13.5 Å². The van der Waals surface area contributed by atoms with E-state index in [-0.39, 0.29) is 11.2 Å². The first kappa shape index (κ1) is 17.9. The molecule has 1 aromatic carbocycles. The van der Waals surface area contributed by atoms with Gasteiger partial charge in [0.15, 0.2) is 0 Å². The van der Waals surface area contributed by atoms with Crippen molar-refractivity contribution in [3.8, 4) is 0 Å². The van der Waals surface area contributed by atoms with E-state index in [0.717, 1.165) is 30.4 Å². The second-order valence-electron chi connectivity index (χ2n) is 7.94. The minimum atomic E-state index is -3.47. The zero-order valence-electron chi connectivity index (χ0n) is 14.8. The molecule has 0 saturated heterocycles. The molecule has 2 aliphatic carbocycles. The van der Waals surface area contributed by atoms with Crippen molar-refractivity contribution in [3.05, 3.63) is 35.4 Å². The van der Waals surface area contributed by atoms with Gasteiger partial charge in [-0.2, -0.15) is 0 Å². The molecule has 5 heteroatoms. The van der Waals surface area contributed by atoms with Gasteiger partial charge < -0.3 is 5.11 Å². The van der Waals surface area contributed by atoms with Gasteiger partial charge in [0.1, 0.15) is 0 Å². The summed E-state index contributed by atoms with van der Waals surface area (Å²) in [5, 5.41) is 9.99. The molecule has 0 aromatic heterocycles. The van der Waals surface area contributed by atoms with Crippen LogP contribution < -0.4 is 4.72 Å². The zero-order valence-corrected chi connectivity index (χ0v) is 15.6. The Hall–Kier alpha value is -0.910. The number of rotatable bonds is 4. The summed E-state index contributed by atoms with van der Waals surface area (Å²) in [6, 6.07) is 7.19. The van der Waals surface area contributed by atoms with Crippen LogP contribution in [0.1, 0.15) is 57.2 Å². The quantitative estimate of drug-likeness (QED) is 0.876. The van der Waals surface area contributed by atoms with E-state index in [2.05, 4.69) is 18.6 Å². The SMILES string of the molecule is CC(C)C1CCC(C)C(S(=O)(=O)NC2c3ccccc3CC2O)C1. The predicted molar refractivity (Wildman–Crippen MR) is 96.1 cm³/mol. The summed E-state index contributed by atoms with van der Waals surface area (Å²) >= 11 is 0. The van der Waals surface area contributed by atoms with E-state index in [4.69, 9.17) is 0 Å². The van der Waals surface area contributed by atoms with Crippen LogP contribution in [-0.2, 0) is 16.4 Å². The summed E-state index contributed by atoms with van der Waals surface area (Å²) < 4.78 is 28.9. The second-order valence-corrected chi connectivity index (χ2v) is 9.87. The Morgan fingerprint density at radius 2 is 1.92 bits per heavy atom. The first-order valence-electron chi connectivity index (χ1n) is 9.06. The number of benzene rings is 1. The number of hydrogen-bond donors (Lipinski definition) is 2. The molecule has 5 unspecified atom stereocenters. The molecule has 24 heavy (non-hydrogen) atoms. The van der Waals surface area contributed by atoms with E-state index in [0.29, 0.717) is 18.3 Å². The van der Waals surface area contributed by atoms with Gasteiger partial charge in [-0.25, -0.2) is 13.1 Å². The van der Waals surface area contributed by atoms with E-state index in [1.807, 2.05) is 31.2 Å². The molecule has 0 heterocycles. The maximum Gasteiger partial charge on any atom is 0.215 e. The highest BCUT2D eigenvalue weighted by atomic mass is 32.2. The summed E-state index contributed by atoms with van der Waals surface area (Å²) in [7, 11) is -3.47. The summed E-state index contributed by atoms with van der Waals surface area (Å²) in [6.45, 7) is 6.39. The molecule has 0 amide bonds. The van der Waals surface area contributed by atoms with Crippen molar-refractivity contribution >= 4 is 10.0 Å². The first-order valence-corrected chi connectivity index (χ1v) is 10.6. The van der Waals surface area contributed by atoms with Crippen molar-refractivity contribution in [2.75, 3.05) is 0 Å². The van der Waals surface area contributed by atoms with Crippen LogP contribution in [0.25, 0.3) is 0 Å². The van der Waals surface area contributed by atoms with Gasteiger partial charge in [-0.1, -0.05) is 45.0 Å². The topological polar surface area (TPSA) is 66.4 Å². The lowest BCUT2D eigenvalue weighted by Gasteiger charge is -2.36. The van der Waals surface area contributed by atoms with Crippen LogP contribution in [0.5, 0.6) is 0 Å². The number of hydrogen-bond acceptors (Lipinski definition) is 3. The fraction of sp³-hybridized carbons (Fsp3) is 0.684. The first-order chi connectivity index (χ1) is 11.3. The lowest BCUT2D eigenvalue weighted by atomic mass is 9.77. The maximum atomic E-state index is 13.1. The van der Waals surface area contributed by atoms with E-state index < -0.39 is 22.2 Å². The van der Waals surface area contributed by atoms with E-state index in [1.54, 1.807) is 0 Å². The zero-order chi connectivity index (χ0) is 17.5. The lowest BCUT2D eigenvalue weighted by molar-refractivity contribution is 0.150. The van der Waals surface area contributed by atoms with Gasteiger partial charge in [0.2, 0.25) is 10.0 Å². The van der Waals surface area contributed by atoms with E-state index >= 15 is 0 Å². The lowest BCUT2D eigenvalue weighted by Crippen LogP contribution is -2.45. The summed E-state index contributed by atoms with van der Waals surface area (Å²) in [5.74, 6) is 1.13. The van der Waals surface area contributed by atoms with Gasteiger partial charge in [-0.3, -0.25) is 0 Å². The molecule has 2 aliphatic rings. The molecule has 0 spiro atoms. The molecule has 1 saturated carbocycles. The van der Waals surface area contributed by atoms with Crippen LogP contribution in [0.15, 0.2) is 24.3 Å². The summed E-state index contributed by atoms with van der Waals surface area (Å²) in [5.41, 5.74) is 1.95. The number of sulfonamides is 1. The number of aliphatic hydroxyl groups is 1. The highest BCUT2D eigenvalue weighted by Crippen LogP contribution is 2.38. The second kappa shape index (κ2) is 6.77. The van der Waals surface area contributed by atoms with Gasteiger partial charge in [0.05, 0.1) is 17.4 Å². The molecule has 0 radical (unpaired) electrons. The average Bonchev–Trinajstić information content (AvgIpc) is 2.83. The molecule has 0 aliphatic heterocycles. The van der Waals surface area contributed by atoms with Crippen molar-refractivity contribution in [2.24, 2.45) is 17.8 Å². The Morgan fingerprint density at radius 3 is 2.62 bits per heavy atom. The minimum absolute atomic E-state index is 0.159. The highest BCUT2D eigenvalue weighted by Gasteiger charge is 2.41. The minimum Gasteiger partial charge on any atom is -0.391 e. The number of nitrogens with one attached hydrogen (secondary N) is 1. The smallest absolute Gasteiger partial charge is 0.215 e. The number of fused-ring (bicyclic) bond motifs is 1. The molecule has 0 bridgehead atoms. The van der Waals surface area contributed by atoms with Crippen molar-refractivity contribution in [1.82, 2.24) is 4.72 Å². The third-order valence-corrected chi connectivity index (χ3v) is 8.04. The molecule has 1 aromatic rings. The molecule has 5 atom stereocenters. The molecular weight excluding hydrogens is 322 g/mol. The summed E-state index contributed by atoms with van der Waals surface area (Å²) in [4.78, 5) is 0. The Kier molecular flexibility index (Phi) is 5.05. The van der Waals surface area contributed by atoms with Gasteiger partial charge in [-0.15, -0.1) is 0 Å². The van der Waals surface area contributed by atoms with Crippen molar-refractivity contribution in [3.63, 3.8) is 0 Å². The van der Waals surface area contributed by atoms with Crippen molar-refractivity contribution in [2.45, 2.75) is 63.9 Å². The van der Waals surface area contributed by atoms with Gasteiger partial charge in [-0.05, 0) is 48.1 Å². The average molecular weight is 352 g/mol.